The van der Waals surface area contributed by atoms with Crippen molar-refractivity contribution in [3.05, 3.63) is 122 Å². The lowest BCUT2D eigenvalue weighted by Crippen LogP contribution is -2.30. The molecular weight excluding hydrogens is 961 g/mol. The lowest BCUT2D eigenvalue weighted by Gasteiger charge is -2.18. The molecule has 0 aliphatic rings. The molecule has 0 aliphatic carbocycles. The number of hydrogen-bond acceptors (Lipinski definition) is 6. The standard InChI is InChI=1S/C72H120O6/c1-4-7-10-13-16-18-20-22-24-26-28-30-31-32-33-34-35-36-37-38-39-40-41-42-44-45-47-49-51-53-56-59-62-65-71(74)77-68-69(67-76-70(73)64-61-58-55-15-12-9-6-3)78-72(75)66-63-60-57-54-52-50-48-46-43-29-27-25-23-21-19-17-14-11-8-5-2/h7,10,16,18,22,24,28,30,32-33,35-36,38-39,41-42,45,47,51,53,69H,4-6,8-9,11-15,17,19-21,23,25-27,29,31,34,37,40,43-44,46,48-50,52,54-68H2,1-3H3/b10-7-,18-16-,24-22-,30-28-,33-32-,36-35-,39-38-,42-41-,47-45-,53-51-. The molecule has 0 heterocycles. The van der Waals surface area contributed by atoms with Crippen LogP contribution >= 0.6 is 0 Å². The van der Waals surface area contributed by atoms with Crippen molar-refractivity contribution in [2.45, 2.75) is 303 Å². The maximum atomic E-state index is 12.9. The van der Waals surface area contributed by atoms with Crippen LogP contribution in [0.4, 0.5) is 0 Å². The second-order valence-corrected chi connectivity index (χ2v) is 21.3. The van der Waals surface area contributed by atoms with Crippen molar-refractivity contribution in [1.82, 2.24) is 0 Å². The summed E-state index contributed by atoms with van der Waals surface area (Å²) in [5, 5.41) is 0. The Morgan fingerprint density at radius 1 is 0.269 bits per heavy atom. The van der Waals surface area contributed by atoms with Crippen LogP contribution in [-0.2, 0) is 28.6 Å². The normalized spacial score (nSPS) is 12.9. The molecule has 444 valence electrons. The highest BCUT2D eigenvalue weighted by molar-refractivity contribution is 5.71. The van der Waals surface area contributed by atoms with Crippen molar-refractivity contribution >= 4 is 17.9 Å². The highest BCUT2D eigenvalue weighted by atomic mass is 16.6. The average Bonchev–Trinajstić information content (AvgIpc) is 3.44. The maximum absolute atomic E-state index is 12.9. The van der Waals surface area contributed by atoms with E-state index in [1.165, 1.54) is 135 Å². The van der Waals surface area contributed by atoms with E-state index in [0.717, 1.165) is 122 Å². The lowest BCUT2D eigenvalue weighted by atomic mass is 10.0. The van der Waals surface area contributed by atoms with Crippen molar-refractivity contribution in [3.63, 3.8) is 0 Å². The van der Waals surface area contributed by atoms with E-state index in [2.05, 4.69) is 142 Å². The fraction of sp³-hybridized carbons (Fsp3) is 0.681. The van der Waals surface area contributed by atoms with E-state index in [1.54, 1.807) is 0 Å². The zero-order chi connectivity index (χ0) is 56.4. The maximum Gasteiger partial charge on any atom is 0.306 e. The summed E-state index contributed by atoms with van der Waals surface area (Å²) in [5.74, 6) is -0.936. The van der Waals surface area contributed by atoms with Crippen molar-refractivity contribution in [2.75, 3.05) is 13.2 Å². The van der Waals surface area contributed by atoms with E-state index in [-0.39, 0.29) is 31.1 Å². The summed E-state index contributed by atoms with van der Waals surface area (Å²) in [6, 6.07) is 0. The third-order valence-electron chi connectivity index (χ3n) is 13.7. The zero-order valence-corrected chi connectivity index (χ0v) is 50.9. The summed E-state index contributed by atoms with van der Waals surface area (Å²) in [4.78, 5) is 38.1. The van der Waals surface area contributed by atoms with Gasteiger partial charge in [-0.1, -0.05) is 303 Å². The van der Waals surface area contributed by atoms with Gasteiger partial charge >= 0.3 is 17.9 Å². The van der Waals surface area contributed by atoms with Gasteiger partial charge in [-0.3, -0.25) is 14.4 Å². The van der Waals surface area contributed by atoms with Crippen molar-refractivity contribution in [2.24, 2.45) is 0 Å². The number of allylic oxidation sites excluding steroid dienone is 20. The monoisotopic (exact) mass is 1080 g/mol. The predicted molar refractivity (Wildman–Crippen MR) is 339 cm³/mol. The second-order valence-electron chi connectivity index (χ2n) is 21.3. The zero-order valence-electron chi connectivity index (χ0n) is 50.9. The van der Waals surface area contributed by atoms with Crippen LogP contribution < -0.4 is 0 Å². The van der Waals surface area contributed by atoms with Crippen LogP contribution in [0.25, 0.3) is 0 Å². The highest BCUT2D eigenvalue weighted by Crippen LogP contribution is 2.16. The molecule has 1 unspecified atom stereocenters. The summed E-state index contributed by atoms with van der Waals surface area (Å²) in [6.45, 7) is 6.47. The molecule has 6 heteroatoms. The summed E-state index contributed by atoms with van der Waals surface area (Å²) in [6.07, 6.45) is 91.0. The van der Waals surface area contributed by atoms with Gasteiger partial charge in [-0.25, -0.2) is 0 Å². The first-order chi connectivity index (χ1) is 38.5. The van der Waals surface area contributed by atoms with Gasteiger partial charge in [0.15, 0.2) is 6.10 Å². The molecule has 0 aromatic heterocycles. The molecule has 1 atom stereocenters. The van der Waals surface area contributed by atoms with Gasteiger partial charge in [-0.15, -0.1) is 0 Å². The van der Waals surface area contributed by atoms with Gasteiger partial charge in [-0.05, 0) is 96.3 Å². The smallest absolute Gasteiger partial charge is 0.306 e. The predicted octanol–water partition coefficient (Wildman–Crippen LogP) is 22.4. The van der Waals surface area contributed by atoms with Gasteiger partial charge < -0.3 is 14.2 Å². The molecule has 0 N–H and O–H groups in total. The molecule has 0 spiro atoms. The number of rotatable bonds is 58. The Balaban J connectivity index is 4.23. The Labute approximate surface area is 482 Å². The Hall–Kier alpha value is -4.19. The Morgan fingerprint density at radius 2 is 0.500 bits per heavy atom. The van der Waals surface area contributed by atoms with Gasteiger partial charge in [-0.2, -0.15) is 0 Å². The number of unbranched alkanes of at least 4 members (excludes halogenated alkanes) is 27. The molecule has 0 bridgehead atoms. The molecular formula is C72H120O6. The lowest BCUT2D eigenvalue weighted by molar-refractivity contribution is -0.167. The van der Waals surface area contributed by atoms with Crippen LogP contribution in [0.15, 0.2) is 122 Å². The summed E-state index contributed by atoms with van der Waals surface area (Å²) < 4.78 is 16.8. The first kappa shape index (κ1) is 73.8. The fourth-order valence-electron chi connectivity index (χ4n) is 8.88. The minimum atomic E-state index is -0.794. The minimum absolute atomic E-state index is 0.0905. The molecule has 0 amide bonds. The van der Waals surface area contributed by atoms with E-state index < -0.39 is 6.10 Å². The molecule has 0 aliphatic heterocycles. The van der Waals surface area contributed by atoms with Crippen LogP contribution in [0.3, 0.4) is 0 Å². The van der Waals surface area contributed by atoms with Crippen LogP contribution in [0.2, 0.25) is 0 Å². The Bertz CT molecular complexity index is 1620. The molecule has 0 rings (SSSR count). The molecule has 78 heavy (non-hydrogen) atoms. The molecule has 0 saturated heterocycles. The molecule has 0 saturated carbocycles. The first-order valence-electron chi connectivity index (χ1n) is 32.5. The van der Waals surface area contributed by atoms with Gasteiger partial charge in [0.05, 0.1) is 0 Å². The van der Waals surface area contributed by atoms with E-state index in [0.29, 0.717) is 19.3 Å². The molecule has 0 radical (unpaired) electrons. The van der Waals surface area contributed by atoms with Crippen molar-refractivity contribution in [1.29, 1.82) is 0 Å². The van der Waals surface area contributed by atoms with Crippen LogP contribution in [0, 0.1) is 0 Å². The third-order valence-corrected chi connectivity index (χ3v) is 13.7. The summed E-state index contributed by atoms with van der Waals surface area (Å²) in [5.41, 5.74) is 0. The number of esters is 3. The summed E-state index contributed by atoms with van der Waals surface area (Å²) in [7, 11) is 0. The first-order valence-corrected chi connectivity index (χ1v) is 32.5. The van der Waals surface area contributed by atoms with Crippen LogP contribution in [-0.4, -0.2) is 37.2 Å². The molecule has 6 nitrogen and oxygen atoms in total. The minimum Gasteiger partial charge on any atom is -0.462 e. The number of carbonyl (C=O) groups is 3. The second kappa shape index (κ2) is 65.3. The van der Waals surface area contributed by atoms with Gasteiger partial charge in [0.2, 0.25) is 0 Å². The largest absolute Gasteiger partial charge is 0.462 e. The Morgan fingerprint density at radius 3 is 0.782 bits per heavy atom. The Kier molecular flexibility index (Phi) is 61.8. The number of carbonyl (C=O) groups excluding carboxylic acids is 3. The molecule has 0 aromatic carbocycles. The SMILES string of the molecule is CC/C=C\C/C=C\C/C=C\C/C=C\C/C=C\C/C=C\C/C=C\C/C=C\C/C=C\C/C=C\CCCCC(=O)OCC(COC(=O)CCCCCCCCC)OC(=O)CCCCCCCCCCCCCCCCCCCCCC. The third kappa shape index (κ3) is 62.7. The van der Waals surface area contributed by atoms with Crippen LogP contribution in [0.1, 0.15) is 297 Å². The van der Waals surface area contributed by atoms with Gasteiger partial charge in [0.25, 0.3) is 0 Å². The van der Waals surface area contributed by atoms with Crippen molar-refractivity contribution in [3.8, 4) is 0 Å². The van der Waals surface area contributed by atoms with Crippen molar-refractivity contribution < 1.29 is 28.6 Å². The quantitative estimate of drug-likeness (QED) is 0.0261. The van der Waals surface area contributed by atoms with E-state index in [1.807, 2.05) is 0 Å². The average molecular weight is 1080 g/mol. The van der Waals surface area contributed by atoms with Gasteiger partial charge in [0, 0.05) is 19.3 Å². The highest BCUT2D eigenvalue weighted by Gasteiger charge is 2.19. The van der Waals surface area contributed by atoms with E-state index >= 15 is 0 Å². The number of ether oxygens (including phenoxy) is 3. The fourth-order valence-corrected chi connectivity index (χ4v) is 8.88. The van der Waals surface area contributed by atoms with E-state index in [4.69, 9.17) is 14.2 Å². The van der Waals surface area contributed by atoms with Gasteiger partial charge in [0.1, 0.15) is 13.2 Å². The molecule has 0 aromatic rings. The van der Waals surface area contributed by atoms with E-state index in [9.17, 15) is 14.4 Å². The molecule has 0 fully saturated rings. The van der Waals surface area contributed by atoms with Crippen LogP contribution in [0.5, 0.6) is 0 Å². The summed E-state index contributed by atoms with van der Waals surface area (Å²) >= 11 is 0. The topological polar surface area (TPSA) is 78.9 Å². The number of hydrogen-bond donors (Lipinski definition) is 0.